The quantitative estimate of drug-likeness (QED) is 0.606. The van der Waals surface area contributed by atoms with Gasteiger partial charge in [-0.3, -0.25) is 0 Å². The van der Waals surface area contributed by atoms with E-state index in [2.05, 4.69) is 12.6 Å². The van der Waals surface area contributed by atoms with Crippen molar-refractivity contribution in [2.75, 3.05) is 0 Å². The summed E-state index contributed by atoms with van der Waals surface area (Å²) < 4.78 is 0. The second kappa shape index (κ2) is 3.94. The normalized spacial score (nSPS) is 15.7. The molecule has 1 rings (SSSR count). The molecule has 0 aliphatic rings. The molecule has 0 saturated carbocycles. The van der Waals surface area contributed by atoms with Gasteiger partial charge in [-0.2, -0.15) is 0 Å². The minimum atomic E-state index is -0.518. The van der Waals surface area contributed by atoms with Crippen LogP contribution in [0.4, 0.5) is 0 Å². The first-order valence-corrected chi connectivity index (χ1v) is 4.28. The number of benzene rings is 1. The van der Waals surface area contributed by atoms with Gasteiger partial charge in [-0.1, -0.05) is 12.1 Å². The average molecular weight is 183 g/mol. The molecule has 0 aliphatic heterocycles. The number of aliphatic hydroxyl groups excluding tert-OH is 1. The summed E-state index contributed by atoms with van der Waals surface area (Å²) in [6.45, 7) is 1.68. The molecule has 0 unspecified atom stereocenters. The van der Waals surface area contributed by atoms with Gasteiger partial charge in [0.05, 0.1) is 12.1 Å². The van der Waals surface area contributed by atoms with Gasteiger partial charge in [0.2, 0.25) is 0 Å². The van der Waals surface area contributed by atoms with Crippen LogP contribution in [0.1, 0.15) is 18.5 Å². The number of thiol groups is 1. The van der Waals surface area contributed by atoms with E-state index in [0.29, 0.717) is 0 Å². The maximum Gasteiger partial charge on any atom is 0.0704 e. The molecule has 0 heterocycles. The summed E-state index contributed by atoms with van der Waals surface area (Å²) in [7, 11) is 0. The molecule has 0 bridgehead atoms. The van der Waals surface area contributed by atoms with Crippen LogP contribution >= 0.6 is 12.6 Å². The zero-order chi connectivity index (χ0) is 9.14. The molecular formula is C9H13NOS. The monoisotopic (exact) mass is 183 g/mol. The van der Waals surface area contributed by atoms with Crippen LogP contribution in [0.2, 0.25) is 0 Å². The van der Waals surface area contributed by atoms with Gasteiger partial charge in [0.1, 0.15) is 0 Å². The fraction of sp³-hybridized carbons (Fsp3) is 0.333. The van der Waals surface area contributed by atoms with Crippen molar-refractivity contribution in [2.24, 2.45) is 5.73 Å². The summed E-state index contributed by atoms with van der Waals surface area (Å²) in [4.78, 5) is 0.900. The van der Waals surface area contributed by atoms with Gasteiger partial charge in [-0.15, -0.1) is 12.6 Å². The largest absolute Gasteiger partial charge is 0.391 e. The van der Waals surface area contributed by atoms with E-state index in [0.717, 1.165) is 10.5 Å². The summed E-state index contributed by atoms with van der Waals surface area (Å²) in [5.41, 5.74) is 6.65. The Labute approximate surface area is 77.8 Å². The molecule has 0 aromatic heterocycles. The van der Waals surface area contributed by atoms with Gasteiger partial charge in [-0.25, -0.2) is 0 Å². The molecule has 0 fully saturated rings. The van der Waals surface area contributed by atoms with Gasteiger partial charge < -0.3 is 10.8 Å². The molecule has 1 aromatic carbocycles. The second-order valence-corrected chi connectivity index (χ2v) is 3.37. The Hall–Kier alpha value is -0.510. The molecule has 0 spiro atoms. The van der Waals surface area contributed by atoms with Gasteiger partial charge in [-0.05, 0) is 24.6 Å². The molecule has 1 aromatic rings. The fourth-order valence-electron chi connectivity index (χ4n) is 0.975. The Balaban J connectivity index is 2.82. The predicted octanol–water partition coefficient (Wildman–Crippen LogP) is 1.36. The first kappa shape index (κ1) is 9.58. The van der Waals surface area contributed by atoms with E-state index in [9.17, 15) is 5.11 Å². The third-order valence-corrected chi connectivity index (χ3v) is 2.10. The Bertz CT molecular complexity index is 245. The van der Waals surface area contributed by atoms with Crippen LogP contribution in [0.5, 0.6) is 0 Å². The molecular weight excluding hydrogens is 170 g/mol. The Kier molecular flexibility index (Phi) is 3.14. The molecule has 0 radical (unpaired) electrons. The number of hydrogen-bond acceptors (Lipinski definition) is 3. The minimum absolute atomic E-state index is 0.307. The minimum Gasteiger partial charge on any atom is -0.391 e. The Morgan fingerprint density at radius 3 is 2.25 bits per heavy atom. The number of hydrogen-bond donors (Lipinski definition) is 3. The lowest BCUT2D eigenvalue weighted by Crippen LogP contribution is -2.22. The lowest BCUT2D eigenvalue weighted by Gasteiger charge is -2.14. The number of nitrogens with two attached hydrogens (primary N) is 1. The van der Waals surface area contributed by atoms with Crippen molar-refractivity contribution in [1.29, 1.82) is 0 Å². The SMILES string of the molecule is C[C@H](O)[C@@H](N)c1ccc(S)cc1. The van der Waals surface area contributed by atoms with Crippen molar-refractivity contribution in [3.8, 4) is 0 Å². The predicted molar refractivity (Wildman–Crippen MR) is 52.3 cm³/mol. The van der Waals surface area contributed by atoms with Crippen LogP contribution in [-0.2, 0) is 0 Å². The average Bonchev–Trinajstić information content (AvgIpc) is 2.04. The smallest absolute Gasteiger partial charge is 0.0704 e. The Morgan fingerprint density at radius 1 is 1.33 bits per heavy atom. The topological polar surface area (TPSA) is 46.2 Å². The molecule has 2 atom stereocenters. The second-order valence-electron chi connectivity index (χ2n) is 2.86. The van der Waals surface area contributed by atoms with Gasteiger partial charge >= 0.3 is 0 Å². The van der Waals surface area contributed by atoms with Crippen molar-refractivity contribution < 1.29 is 5.11 Å². The van der Waals surface area contributed by atoms with E-state index in [1.54, 1.807) is 6.92 Å². The maximum atomic E-state index is 9.20. The number of aliphatic hydroxyl groups is 1. The van der Waals surface area contributed by atoms with Crippen molar-refractivity contribution in [3.05, 3.63) is 29.8 Å². The highest BCUT2D eigenvalue weighted by Crippen LogP contribution is 2.15. The highest BCUT2D eigenvalue weighted by molar-refractivity contribution is 7.80. The van der Waals surface area contributed by atoms with Crippen molar-refractivity contribution >= 4 is 12.6 Å². The van der Waals surface area contributed by atoms with Crippen LogP contribution in [0.3, 0.4) is 0 Å². The first-order chi connectivity index (χ1) is 5.61. The van der Waals surface area contributed by atoms with E-state index >= 15 is 0 Å². The van der Waals surface area contributed by atoms with Gasteiger partial charge in [0.15, 0.2) is 0 Å². The van der Waals surface area contributed by atoms with Crippen LogP contribution in [-0.4, -0.2) is 11.2 Å². The zero-order valence-corrected chi connectivity index (χ0v) is 7.83. The standard InChI is InChI=1S/C9H13NOS/c1-6(11)9(10)7-2-4-8(12)5-3-7/h2-6,9,11-12H,10H2,1H3/t6-,9+/m0/s1. The van der Waals surface area contributed by atoms with Crippen LogP contribution in [0.15, 0.2) is 29.2 Å². The third kappa shape index (κ3) is 2.24. The van der Waals surface area contributed by atoms with Crippen LogP contribution in [0, 0.1) is 0 Å². The molecule has 12 heavy (non-hydrogen) atoms. The summed E-state index contributed by atoms with van der Waals surface area (Å²) in [6, 6.07) is 7.17. The molecule has 3 heteroatoms. The summed E-state index contributed by atoms with van der Waals surface area (Å²) in [6.07, 6.45) is -0.518. The van der Waals surface area contributed by atoms with Crippen molar-refractivity contribution in [3.63, 3.8) is 0 Å². The van der Waals surface area contributed by atoms with Crippen molar-refractivity contribution in [2.45, 2.75) is 24.0 Å². The summed E-state index contributed by atoms with van der Waals surface area (Å²) >= 11 is 4.15. The zero-order valence-electron chi connectivity index (χ0n) is 6.94. The van der Waals surface area contributed by atoms with Gasteiger partial charge in [0.25, 0.3) is 0 Å². The van der Waals surface area contributed by atoms with E-state index < -0.39 is 6.10 Å². The highest BCUT2D eigenvalue weighted by Gasteiger charge is 2.10. The maximum absolute atomic E-state index is 9.20. The highest BCUT2D eigenvalue weighted by atomic mass is 32.1. The molecule has 3 N–H and O–H groups in total. The molecule has 2 nitrogen and oxygen atoms in total. The number of rotatable bonds is 2. The Morgan fingerprint density at radius 2 is 1.83 bits per heavy atom. The van der Waals surface area contributed by atoms with Crippen LogP contribution < -0.4 is 5.73 Å². The third-order valence-electron chi connectivity index (χ3n) is 1.80. The lowest BCUT2D eigenvalue weighted by molar-refractivity contribution is 0.164. The van der Waals surface area contributed by atoms with E-state index in [1.165, 1.54) is 0 Å². The van der Waals surface area contributed by atoms with E-state index in [4.69, 9.17) is 5.73 Å². The summed E-state index contributed by atoms with van der Waals surface area (Å²) in [5.74, 6) is 0. The molecule has 0 aliphatic carbocycles. The van der Waals surface area contributed by atoms with Crippen LogP contribution in [0.25, 0.3) is 0 Å². The first-order valence-electron chi connectivity index (χ1n) is 3.84. The van der Waals surface area contributed by atoms with Gasteiger partial charge in [0, 0.05) is 4.90 Å². The molecule has 0 amide bonds. The van der Waals surface area contributed by atoms with E-state index in [-0.39, 0.29) is 6.04 Å². The fourth-order valence-corrected chi connectivity index (χ4v) is 1.12. The molecule has 0 saturated heterocycles. The summed E-state index contributed by atoms with van der Waals surface area (Å²) in [5, 5.41) is 9.20. The lowest BCUT2D eigenvalue weighted by atomic mass is 10.0. The van der Waals surface area contributed by atoms with Crippen molar-refractivity contribution in [1.82, 2.24) is 0 Å². The molecule has 66 valence electrons. The van der Waals surface area contributed by atoms with E-state index in [1.807, 2.05) is 24.3 Å².